The topological polar surface area (TPSA) is 102 Å². The van der Waals surface area contributed by atoms with Crippen LogP contribution in [0.1, 0.15) is 19.4 Å². The predicted octanol–water partition coefficient (Wildman–Crippen LogP) is 2.52. The van der Waals surface area contributed by atoms with Gasteiger partial charge in [-0.1, -0.05) is 47.2 Å². The fraction of sp³-hybridized carbons (Fsp3) is 0.278. The summed E-state index contributed by atoms with van der Waals surface area (Å²) in [6.07, 6.45) is 2.19. The van der Waals surface area contributed by atoms with E-state index in [-0.39, 0.29) is 18.4 Å². The van der Waals surface area contributed by atoms with Crippen LogP contribution in [0, 0.1) is 0 Å². The summed E-state index contributed by atoms with van der Waals surface area (Å²) in [5.74, 6) is -0.653. The van der Waals surface area contributed by atoms with Gasteiger partial charge in [-0.05, 0) is 19.4 Å². The smallest absolute Gasteiger partial charge is 0.408 e. The lowest BCUT2D eigenvalue weighted by molar-refractivity contribution is -0.324. The van der Waals surface area contributed by atoms with Crippen molar-refractivity contribution in [2.24, 2.45) is 0 Å². The number of nitrogens with zero attached hydrogens (tertiary/aromatic N) is 1. The van der Waals surface area contributed by atoms with Gasteiger partial charge in [-0.2, -0.15) is 4.89 Å². The minimum Gasteiger partial charge on any atom is -0.492 e. The number of amides is 1. The van der Waals surface area contributed by atoms with Crippen LogP contribution in [-0.2, 0) is 16.2 Å². The highest BCUT2D eigenvalue weighted by Crippen LogP contribution is 2.19. The predicted molar refractivity (Wildman–Crippen MR) is 93.3 cm³/mol. The number of ether oxygens (including phenoxy) is 1. The van der Waals surface area contributed by atoms with Gasteiger partial charge in [0.15, 0.2) is 0 Å². The minimum absolute atomic E-state index is 0.145. The summed E-state index contributed by atoms with van der Waals surface area (Å²) in [6.45, 7) is 3.59. The number of hydrogen-bond donors (Lipinski definition) is 3. The normalized spacial score (nSPS) is 13.3. The zero-order valence-corrected chi connectivity index (χ0v) is 14.5. The number of allylic oxidation sites excluding steroid dienone is 1. The molecule has 1 aromatic heterocycles. The van der Waals surface area contributed by atoms with Gasteiger partial charge >= 0.3 is 6.09 Å². The van der Waals surface area contributed by atoms with Gasteiger partial charge in [0.2, 0.25) is 11.8 Å². The average molecular weight is 362 g/mol. The van der Waals surface area contributed by atoms with E-state index >= 15 is 0 Å². The highest BCUT2D eigenvalue weighted by Gasteiger charge is 2.21. The van der Waals surface area contributed by atoms with E-state index in [0.717, 1.165) is 5.56 Å². The molecule has 0 saturated heterocycles. The van der Waals surface area contributed by atoms with Gasteiger partial charge in [0.05, 0.1) is 6.04 Å². The van der Waals surface area contributed by atoms with Crippen molar-refractivity contribution < 1.29 is 29.6 Å². The van der Waals surface area contributed by atoms with E-state index in [1.165, 1.54) is 12.1 Å². The molecule has 8 nitrogen and oxygen atoms in total. The van der Waals surface area contributed by atoms with E-state index in [1.807, 2.05) is 30.3 Å². The highest BCUT2D eigenvalue weighted by molar-refractivity contribution is 5.68. The molecule has 2 atom stereocenters. The molecule has 0 bridgehead atoms. The van der Waals surface area contributed by atoms with E-state index in [9.17, 15) is 15.0 Å². The number of hydrogen-bond acceptors (Lipinski definition) is 6. The third kappa shape index (κ3) is 5.45. The first kappa shape index (κ1) is 19.2. The average Bonchev–Trinajstić information content (AvgIpc) is 2.96. The van der Waals surface area contributed by atoms with Crippen molar-refractivity contribution in [2.45, 2.75) is 32.6 Å². The molecule has 2 rings (SSSR count). The largest absolute Gasteiger partial charge is 0.492 e. The summed E-state index contributed by atoms with van der Waals surface area (Å²) in [5, 5.41) is 21.7. The Morgan fingerprint density at radius 2 is 1.85 bits per heavy atom. The van der Waals surface area contributed by atoms with Gasteiger partial charge in [-0.3, -0.25) is 0 Å². The summed E-state index contributed by atoms with van der Waals surface area (Å²) >= 11 is 0. The zero-order chi connectivity index (χ0) is 18.9. The van der Waals surface area contributed by atoms with E-state index in [0.29, 0.717) is 4.73 Å². The van der Waals surface area contributed by atoms with E-state index in [1.54, 1.807) is 26.0 Å². The van der Waals surface area contributed by atoms with E-state index in [4.69, 9.17) is 14.6 Å². The number of aromatic hydroxyl groups is 2. The first-order chi connectivity index (χ1) is 12.5. The molecule has 8 heteroatoms. The Labute approximate surface area is 151 Å². The summed E-state index contributed by atoms with van der Waals surface area (Å²) in [7, 11) is 0. The number of alkyl carbamates (subject to hydrolysis) is 1. The van der Waals surface area contributed by atoms with Crippen molar-refractivity contribution in [2.75, 3.05) is 0 Å². The minimum atomic E-state index is -0.642. The van der Waals surface area contributed by atoms with Crippen LogP contribution < -0.4 is 10.3 Å². The summed E-state index contributed by atoms with van der Waals surface area (Å²) in [4.78, 5) is 22.0. The molecule has 0 aliphatic carbocycles. The van der Waals surface area contributed by atoms with E-state index < -0.39 is 18.2 Å². The van der Waals surface area contributed by atoms with Crippen molar-refractivity contribution >= 4 is 6.09 Å². The molecule has 1 aromatic carbocycles. The Morgan fingerprint density at radius 1 is 1.19 bits per heavy atom. The standard InChI is InChI=1S/C18H22N2O6/c1-3-7-15(13(2)25-26-20-16(21)10-11-17(20)22)19-18(23)24-12-14-8-5-4-6-9-14/h3-11,13,15,21-22H,12H2,1-2H3,(H,19,23). The zero-order valence-electron chi connectivity index (χ0n) is 14.5. The molecular formula is C18H22N2O6. The van der Waals surface area contributed by atoms with Crippen LogP contribution in [0.5, 0.6) is 11.8 Å². The molecule has 1 amide bonds. The second kappa shape index (κ2) is 9.38. The van der Waals surface area contributed by atoms with Gasteiger partial charge in [0.1, 0.15) is 12.7 Å². The van der Waals surface area contributed by atoms with Crippen molar-refractivity contribution in [1.29, 1.82) is 0 Å². The van der Waals surface area contributed by atoms with Gasteiger partial charge in [0, 0.05) is 12.1 Å². The molecule has 0 fully saturated rings. The van der Waals surface area contributed by atoms with Crippen LogP contribution in [0.4, 0.5) is 4.79 Å². The van der Waals surface area contributed by atoms with Crippen LogP contribution >= 0.6 is 0 Å². The molecular weight excluding hydrogens is 340 g/mol. The van der Waals surface area contributed by atoms with Crippen molar-refractivity contribution in [3.63, 3.8) is 0 Å². The first-order valence-electron chi connectivity index (χ1n) is 8.04. The molecule has 2 unspecified atom stereocenters. The van der Waals surface area contributed by atoms with Crippen LogP contribution in [0.2, 0.25) is 0 Å². The van der Waals surface area contributed by atoms with Crippen LogP contribution in [0.15, 0.2) is 54.6 Å². The fourth-order valence-corrected chi connectivity index (χ4v) is 2.08. The summed E-state index contributed by atoms with van der Waals surface area (Å²) in [6, 6.07) is 11.2. The quantitative estimate of drug-likeness (QED) is 0.379. The van der Waals surface area contributed by atoms with Gasteiger partial charge < -0.3 is 20.3 Å². The van der Waals surface area contributed by atoms with Crippen LogP contribution in [0.3, 0.4) is 0 Å². The molecule has 0 radical (unpaired) electrons. The molecule has 0 spiro atoms. The number of carbonyl (C=O) groups excluding carboxylic acids is 1. The Kier molecular flexibility index (Phi) is 6.92. The Hall–Kier alpha value is -3.13. The second-order valence-corrected chi connectivity index (χ2v) is 5.48. The molecule has 0 saturated carbocycles. The van der Waals surface area contributed by atoms with Crippen molar-refractivity contribution in [3.8, 4) is 11.8 Å². The van der Waals surface area contributed by atoms with Gasteiger partial charge in [-0.25, -0.2) is 9.78 Å². The number of rotatable bonds is 8. The van der Waals surface area contributed by atoms with Crippen LogP contribution in [0.25, 0.3) is 0 Å². The first-order valence-corrected chi connectivity index (χ1v) is 8.04. The van der Waals surface area contributed by atoms with Crippen molar-refractivity contribution in [3.05, 3.63) is 60.2 Å². The Morgan fingerprint density at radius 3 is 2.46 bits per heavy atom. The molecule has 2 aromatic rings. The molecule has 26 heavy (non-hydrogen) atoms. The number of aromatic nitrogens is 1. The lowest BCUT2D eigenvalue weighted by Gasteiger charge is -2.21. The summed E-state index contributed by atoms with van der Waals surface area (Å²) in [5.41, 5.74) is 0.872. The fourth-order valence-electron chi connectivity index (χ4n) is 2.08. The lowest BCUT2D eigenvalue weighted by atomic mass is 10.2. The molecule has 1 heterocycles. The third-order valence-corrected chi connectivity index (χ3v) is 3.47. The molecule has 0 aliphatic heterocycles. The lowest BCUT2D eigenvalue weighted by Crippen LogP contribution is -2.43. The third-order valence-electron chi connectivity index (χ3n) is 3.47. The second-order valence-electron chi connectivity index (χ2n) is 5.48. The van der Waals surface area contributed by atoms with E-state index in [2.05, 4.69) is 5.32 Å². The Bertz CT molecular complexity index is 709. The number of benzene rings is 1. The maximum Gasteiger partial charge on any atom is 0.408 e. The van der Waals surface area contributed by atoms with Crippen molar-refractivity contribution in [1.82, 2.24) is 10.0 Å². The number of nitrogens with one attached hydrogen (secondary N) is 1. The molecule has 3 N–H and O–H groups in total. The Balaban J connectivity index is 1.87. The maximum absolute atomic E-state index is 12.0. The highest BCUT2D eigenvalue weighted by atomic mass is 17.3. The summed E-state index contributed by atoms with van der Waals surface area (Å²) < 4.78 is 5.88. The SMILES string of the molecule is CC=CC(NC(=O)OCc1ccccc1)C(C)OOn1c(O)ccc1O. The van der Waals surface area contributed by atoms with Crippen LogP contribution in [-0.4, -0.2) is 33.2 Å². The maximum atomic E-state index is 12.0. The number of carbonyl (C=O) groups is 1. The molecule has 0 aliphatic rings. The van der Waals surface area contributed by atoms with Gasteiger partial charge in [-0.15, -0.1) is 0 Å². The monoisotopic (exact) mass is 362 g/mol. The van der Waals surface area contributed by atoms with Gasteiger partial charge in [0.25, 0.3) is 0 Å². The molecule has 140 valence electrons.